The third kappa shape index (κ3) is 8.34. The van der Waals surface area contributed by atoms with Crippen molar-refractivity contribution in [2.75, 3.05) is 12.4 Å². The molecule has 2 atom stereocenters. The molecule has 6 nitrogen and oxygen atoms in total. The Hall–Kier alpha value is -2.08. The molecule has 2 unspecified atom stereocenters. The van der Waals surface area contributed by atoms with E-state index in [1.807, 2.05) is 20.8 Å². The minimum Gasteiger partial charge on any atom is -0.467 e. The Morgan fingerprint density at radius 2 is 1.62 bits per heavy atom. The van der Waals surface area contributed by atoms with Gasteiger partial charge in [0.25, 0.3) is 0 Å². The van der Waals surface area contributed by atoms with E-state index in [1.54, 1.807) is 24.3 Å². The first-order valence-corrected chi connectivity index (χ1v) is 9.01. The number of esters is 1. The predicted octanol–water partition coefficient (Wildman–Crippen LogP) is 3.40. The van der Waals surface area contributed by atoms with Crippen LogP contribution in [-0.4, -0.2) is 30.9 Å². The molecule has 0 fully saturated rings. The van der Waals surface area contributed by atoms with Gasteiger partial charge in [0.15, 0.2) is 0 Å². The number of rotatable bonds is 9. The molecule has 7 heteroatoms. The van der Waals surface area contributed by atoms with Gasteiger partial charge in [0.05, 0.1) is 7.11 Å². The molecule has 1 aromatic rings. The minimum atomic E-state index is -0.664. The average molecular weight is 383 g/mol. The minimum absolute atomic E-state index is 0.152. The lowest BCUT2D eigenvalue weighted by Gasteiger charge is -2.19. The summed E-state index contributed by atoms with van der Waals surface area (Å²) < 4.78 is 4.73. The fourth-order valence-electron chi connectivity index (χ4n) is 2.53. The van der Waals surface area contributed by atoms with Crippen LogP contribution in [0.2, 0.25) is 5.02 Å². The van der Waals surface area contributed by atoms with E-state index in [9.17, 15) is 14.4 Å². The zero-order valence-corrected chi connectivity index (χ0v) is 16.4. The summed E-state index contributed by atoms with van der Waals surface area (Å²) in [7, 11) is 1.30. The van der Waals surface area contributed by atoms with Crippen LogP contribution in [0.4, 0.5) is 5.69 Å². The highest BCUT2D eigenvalue weighted by Gasteiger charge is 2.23. The van der Waals surface area contributed by atoms with Crippen molar-refractivity contribution in [3.8, 4) is 0 Å². The lowest BCUT2D eigenvalue weighted by atomic mass is 10.0. The van der Waals surface area contributed by atoms with E-state index in [0.29, 0.717) is 17.1 Å². The second-order valence-electron chi connectivity index (χ2n) is 6.84. The Morgan fingerprint density at radius 1 is 1.04 bits per heavy atom. The highest BCUT2D eigenvalue weighted by Crippen LogP contribution is 2.15. The quantitative estimate of drug-likeness (QED) is 0.641. The van der Waals surface area contributed by atoms with Gasteiger partial charge >= 0.3 is 5.97 Å². The monoisotopic (exact) mass is 382 g/mol. The summed E-state index contributed by atoms with van der Waals surface area (Å²) in [6, 6.07) is 6.14. The van der Waals surface area contributed by atoms with Gasteiger partial charge in [-0.1, -0.05) is 32.4 Å². The molecule has 0 saturated heterocycles. The van der Waals surface area contributed by atoms with Crippen molar-refractivity contribution in [3.63, 3.8) is 0 Å². The molecule has 2 amide bonds. The topological polar surface area (TPSA) is 84.5 Å². The van der Waals surface area contributed by atoms with Crippen molar-refractivity contribution < 1.29 is 19.1 Å². The summed E-state index contributed by atoms with van der Waals surface area (Å²) in [6.07, 6.45) is 0.854. The molecule has 0 radical (unpaired) electrons. The maximum absolute atomic E-state index is 12.2. The highest BCUT2D eigenvalue weighted by molar-refractivity contribution is 6.30. The fraction of sp³-hybridized carbons (Fsp3) is 0.526. The first kappa shape index (κ1) is 22.0. The van der Waals surface area contributed by atoms with Gasteiger partial charge in [0.2, 0.25) is 11.8 Å². The van der Waals surface area contributed by atoms with Crippen molar-refractivity contribution in [2.45, 2.75) is 46.1 Å². The van der Waals surface area contributed by atoms with E-state index in [-0.39, 0.29) is 36.5 Å². The number of halogens is 1. The van der Waals surface area contributed by atoms with Crippen molar-refractivity contribution >= 4 is 35.1 Å². The molecule has 0 aliphatic carbocycles. The van der Waals surface area contributed by atoms with Crippen LogP contribution in [0.1, 0.15) is 40.0 Å². The van der Waals surface area contributed by atoms with Crippen LogP contribution >= 0.6 is 11.6 Å². The molecule has 0 saturated carbocycles. The Bertz CT molecular complexity index is 616. The molecule has 0 aliphatic heterocycles. The predicted molar refractivity (Wildman–Crippen MR) is 102 cm³/mol. The Balaban J connectivity index is 2.48. The van der Waals surface area contributed by atoms with Crippen LogP contribution < -0.4 is 10.6 Å². The van der Waals surface area contributed by atoms with E-state index < -0.39 is 12.0 Å². The fourth-order valence-corrected chi connectivity index (χ4v) is 2.66. The third-order valence-electron chi connectivity index (χ3n) is 3.72. The van der Waals surface area contributed by atoms with Crippen LogP contribution in [0.5, 0.6) is 0 Å². The first-order chi connectivity index (χ1) is 12.2. The second kappa shape index (κ2) is 10.8. The Morgan fingerprint density at radius 3 is 2.15 bits per heavy atom. The second-order valence-corrected chi connectivity index (χ2v) is 7.28. The molecule has 1 rings (SSSR count). The first-order valence-electron chi connectivity index (χ1n) is 8.63. The number of methoxy groups -OCH3 is 1. The van der Waals surface area contributed by atoms with Gasteiger partial charge in [-0.05, 0) is 42.5 Å². The summed E-state index contributed by atoms with van der Waals surface area (Å²) in [5, 5.41) is 6.06. The Labute approximate surface area is 159 Å². The molecule has 2 N–H and O–H groups in total. The van der Waals surface area contributed by atoms with Crippen LogP contribution in [0, 0.1) is 11.8 Å². The normalized spacial score (nSPS) is 13.0. The van der Waals surface area contributed by atoms with Crippen LogP contribution in [0.3, 0.4) is 0 Å². The SMILES string of the molecule is COC(=O)C(CC(C)C)NC(=O)CC(C)CC(=O)Nc1ccc(Cl)cc1. The molecule has 26 heavy (non-hydrogen) atoms. The van der Waals surface area contributed by atoms with Crippen molar-refractivity contribution in [1.82, 2.24) is 5.32 Å². The summed E-state index contributed by atoms with van der Waals surface area (Å²) in [4.78, 5) is 36.0. The number of amides is 2. The number of nitrogens with one attached hydrogen (secondary N) is 2. The van der Waals surface area contributed by atoms with Gasteiger partial charge in [-0.3, -0.25) is 9.59 Å². The van der Waals surface area contributed by atoms with Crippen molar-refractivity contribution in [1.29, 1.82) is 0 Å². The maximum Gasteiger partial charge on any atom is 0.328 e. The number of ether oxygens (including phenoxy) is 1. The van der Waals surface area contributed by atoms with E-state index in [4.69, 9.17) is 16.3 Å². The van der Waals surface area contributed by atoms with Gasteiger partial charge in [-0.2, -0.15) is 0 Å². The zero-order valence-electron chi connectivity index (χ0n) is 15.7. The molecule has 1 aromatic carbocycles. The number of carbonyl (C=O) groups excluding carboxylic acids is 3. The Kier molecular flexibility index (Phi) is 9.13. The van der Waals surface area contributed by atoms with Gasteiger partial charge in [-0.15, -0.1) is 0 Å². The largest absolute Gasteiger partial charge is 0.467 e. The van der Waals surface area contributed by atoms with Gasteiger partial charge in [-0.25, -0.2) is 4.79 Å². The van der Waals surface area contributed by atoms with E-state index in [0.717, 1.165) is 0 Å². The number of hydrogen-bond acceptors (Lipinski definition) is 4. The van der Waals surface area contributed by atoms with Gasteiger partial charge in [0.1, 0.15) is 6.04 Å². The van der Waals surface area contributed by atoms with Gasteiger partial charge < -0.3 is 15.4 Å². The van der Waals surface area contributed by atoms with E-state index >= 15 is 0 Å². The summed E-state index contributed by atoms with van der Waals surface area (Å²) in [5.41, 5.74) is 0.652. The molecule has 0 bridgehead atoms. The molecule has 0 heterocycles. The molecule has 144 valence electrons. The number of benzene rings is 1. The summed E-state index contributed by atoms with van der Waals surface area (Å²) in [5.74, 6) is -0.839. The molecular weight excluding hydrogens is 356 g/mol. The van der Waals surface area contributed by atoms with E-state index in [2.05, 4.69) is 10.6 Å². The standard InChI is InChI=1S/C19H27ClN2O4/c1-12(2)9-16(19(25)26-4)22-18(24)11-13(3)10-17(23)21-15-7-5-14(20)6-8-15/h5-8,12-13,16H,9-11H2,1-4H3,(H,21,23)(H,22,24). The van der Waals surface area contributed by atoms with Crippen molar-refractivity contribution in [3.05, 3.63) is 29.3 Å². The molecule has 0 spiro atoms. The van der Waals surface area contributed by atoms with E-state index in [1.165, 1.54) is 7.11 Å². The molecule has 0 aliphatic rings. The smallest absolute Gasteiger partial charge is 0.328 e. The number of hydrogen-bond donors (Lipinski definition) is 2. The third-order valence-corrected chi connectivity index (χ3v) is 3.98. The number of anilines is 1. The van der Waals surface area contributed by atoms with Crippen LogP contribution in [0.25, 0.3) is 0 Å². The number of carbonyl (C=O) groups is 3. The van der Waals surface area contributed by atoms with Crippen LogP contribution in [-0.2, 0) is 19.1 Å². The molecule has 0 aromatic heterocycles. The summed E-state index contributed by atoms with van der Waals surface area (Å²) in [6.45, 7) is 5.74. The summed E-state index contributed by atoms with van der Waals surface area (Å²) >= 11 is 5.81. The zero-order chi connectivity index (χ0) is 19.7. The molecular formula is C19H27ClN2O4. The van der Waals surface area contributed by atoms with Gasteiger partial charge in [0, 0.05) is 23.6 Å². The maximum atomic E-state index is 12.2. The lowest BCUT2D eigenvalue weighted by Crippen LogP contribution is -2.42. The lowest BCUT2D eigenvalue weighted by molar-refractivity contribution is -0.145. The van der Waals surface area contributed by atoms with Crippen LogP contribution in [0.15, 0.2) is 24.3 Å². The highest BCUT2D eigenvalue weighted by atomic mass is 35.5. The van der Waals surface area contributed by atoms with Crippen molar-refractivity contribution in [2.24, 2.45) is 11.8 Å². The average Bonchev–Trinajstić information content (AvgIpc) is 2.54.